The molecule has 0 radical (unpaired) electrons. The lowest BCUT2D eigenvalue weighted by Crippen LogP contribution is -2.44. The molecule has 2 amide bonds. The van der Waals surface area contributed by atoms with Crippen molar-refractivity contribution in [2.24, 2.45) is 0 Å². The number of thiophene rings is 1. The van der Waals surface area contributed by atoms with Gasteiger partial charge in [-0.2, -0.15) is 0 Å². The maximum atomic E-state index is 12.9. The van der Waals surface area contributed by atoms with E-state index >= 15 is 0 Å². The van der Waals surface area contributed by atoms with Crippen molar-refractivity contribution in [2.45, 2.75) is 5.60 Å². The summed E-state index contributed by atoms with van der Waals surface area (Å²) in [6, 6.07) is 11.7. The van der Waals surface area contributed by atoms with Crippen molar-refractivity contribution in [3.8, 4) is 0 Å². The van der Waals surface area contributed by atoms with Gasteiger partial charge in [-0.25, -0.2) is 4.39 Å². The lowest BCUT2D eigenvalue weighted by atomic mass is 9.98. The van der Waals surface area contributed by atoms with E-state index in [4.69, 9.17) is 4.42 Å². The summed E-state index contributed by atoms with van der Waals surface area (Å²) in [5, 5.41) is 17.6. The number of rotatable bonds is 5. The number of aliphatic hydroxyl groups is 1. The number of carbonyl (C=O) groups excluding carboxylic acids is 2. The predicted octanol–water partition coefficient (Wildman–Crippen LogP) is 2.47. The van der Waals surface area contributed by atoms with E-state index in [1.807, 2.05) is 0 Å². The van der Waals surface area contributed by atoms with Gasteiger partial charge in [-0.05, 0) is 47.8 Å². The van der Waals surface area contributed by atoms with Crippen LogP contribution in [0.25, 0.3) is 0 Å². The van der Waals surface area contributed by atoms with E-state index < -0.39 is 23.2 Å². The fraction of sp³-hybridized carbons (Fsp3) is 0.111. The Hall–Kier alpha value is -2.97. The van der Waals surface area contributed by atoms with Crippen molar-refractivity contribution in [2.75, 3.05) is 11.9 Å². The maximum Gasteiger partial charge on any atom is 0.313 e. The topological polar surface area (TPSA) is 91.6 Å². The van der Waals surface area contributed by atoms with E-state index in [0.29, 0.717) is 4.88 Å². The Bertz CT molecular complexity index is 842. The molecular formula is C18H15FN2O4S. The summed E-state index contributed by atoms with van der Waals surface area (Å²) in [5.41, 5.74) is -1.31. The quantitative estimate of drug-likeness (QED) is 0.599. The van der Waals surface area contributed by atoms with Gasteiger partial charge in [-0.15, -0.1) is 11.3 Å². The first kappa shape index (κ1) is 17.8. The summed E-state index contributed by atoms with van der Waals surface area (Å²) in [6.45, 7) is -0.253. The lowest BCUT2D eigenvalue weighted by Gasteiger charge is -2.25. The fourth-order valence-electron chi connectivity index (χ4n) is 2.33. The Morgan fingerprint density at radius 3 is 2.50 bits per heavy atom. The maximum absolute atomic E-state index is 12.9. The Morgan fingerprint density at radius 2 is 1.88 bits per heavy atom. The zero-order chi connectivity index (χ0) is 18.6. The first-order valence-electron chi connectivity index (χ1n) is 7.64. The van der Waals surface area contributed by atoms with Gasteiger partial charge in [0.2, 0.25) is 0 Å². The third-order valence-corrected chi connectivity index (χ3v) is 4.69. The van der Waals surface area contributed by atoms with Gasteiger partial charge in [0.1, 0.15) is 11.6 Å². The molecule has 2 aromatic heterocycles. The van der Waals surface area contributed by atoms with Crippen LogP contribution in [-0.2, 0) is 15.2 Å². The van der Waals surface area contributed by atoms with Gasteiger partial charge in [0.25, 0.3) is 0 Å². The minimum atomic E-state index is -1.59. The molecule has 26 heavy (non-hydrogen) atoms. The minimum Gasteiger partial charge on any atom is -0.466 e. The molecule has 134 valence electrons. The summed E-state index contributed by atoms with van der Waals surface area (Å²) in [7, 11) is 0. The minimum absolute atomic E-state index is 0.249. The van der Waals surface area contributed by atoms with Crippen molar-refractivity contribution in [1.82, 2.24) is 5.32 Å². The van der Waals surface area contributed by atoms with E-state index in [2.05, 4.69) is 10.6 Å². The van der Waals surface area contributed by atoms with E-state index in [-0.39, 0.29) is 18.0 Å². The second-order valence-electron chi connectivity index (χ2n) is 5.46. The van der Waals surface area contributed by atoms with E-state index in [1.54, 1.807) is 29.6 Å². The van der Waals surface area contributed by atoms with Gasteiger partial charge < -0.3 is 20.2 Å². The molecule has 1 unspecified atom stereocenters. The SMILES string of the molecule is O=C(NCC(O)(c1ccco1)c1cccs1)C(=O)Nc1ccc(F)cc1. The molecule has 0 spiro atoms. The Balaban J connectivity index is 1.68. The van der Waals surface area contributed by atoms with Crippen LogP contribution in [0.4, 0.5) is 10.1 Å². The van der Waals surface area contributed by atoms with Crippen LogP contribution in [0.15, 0.2) is 64.6 Å². The Labute approximate surface area is 152 Å². The van der Waals surface area contributed by atoms with Crippen molar-refractivity contribution in [1.29, 1.82) is 0 Å². The molecule has 6 nitrogen and oxygen atoms in total. The highest BCUT2D eigenvalue weighted by molar-refractivity contribution is 7.10. The summed E-state index contributed by atoms with van der Waals surface area (Å²) < 4.78 is 18.2. The molecule has 3 rings (SSSR count). The molecule has 0 aliphatic rings. The molecule has 1 aromatic carbocycles. The van der Waals surface area contributed by atoms with E-state index in [1.165, 1.54) is 41.9 Å². The second kappa shape index (κ2) is 7.51. The number of benzene rings is 1. The molecule has 3 aromatic rings. The van der Waals surface area contributed by atoms with Crippen LogP contribution in [-0.4, -0.2) is 23.5 Å². The summed E-state index contributed by atoms with van der Waals surface area (Å²) >= 11 is 1.29. The van der Waals surface area contributed by atoms with Gasteiger partial charge in [-0.3, -0.25) is 9.59 Å². The third kappa shape index (κ3) is 3.81. The van der Waals surface area contributed by atoms with Gasteiger partial charge in [0.05, 0.1) is 12.8 Å². The lowest BCUT2D eigenvalue weighted by molar-refractivity contribution is -0.136. The number of carbonyl (C=O) groups is 2. The Morgan fingerprint density at radius 1 is 1.12 bits per heavy atom. The molecule has 0 bridgehead atoms. The standard InChI is InChI=1S/C18H15FN2O4S/c19-12-5-7-13(8-6-12)21-17(23)16(22)20-11-18(24,14-3-1-9-25-14)15-4-2-10-26-15/h1-10,24H,11H2,(H,20,22)(H,21,23). The highest BCUT2D eigenvalue weighted by atomic mass is 32.1. The highest BCUT2D eigenvalue weighted by Gasteiger charge is 2.36. The normalized spacial score (nSPS) is 13.0. The monoisotopic (exact) mass is 374 g/mol. The van der Waals surface area contributed by atoms with Crippen LogP contribution in [0.1, 0.15) is 10.6 Å². The van der Waals surface area contributed by atoms with Crippen LogP contribution < -0.4 is 10.6 Å². The van der Waals surface area contributed by atoms with Crippen LogP contribution in [0.5, 0.6) is 0 Å². The van der Waals surface area contributed by atoms with Crippen LogP contribution in [0.3, 0.4) is 0 Å². The van der Waals surface area contributed by atoms with Gasteiger partial charge in [0.15, 0.2) is 5.60 Å². The molecule has 1 atom stereocenters. The molecule has 3 N–H and O–H groups in total. The molecule has 8 heteroatoms. The van der Waals surface area contributed by atoms with E-state index in [0.717, 1.165) is 0 Å². The molecule has 0 aliphatic heterocycles. The number of anilines is 1. The first-order valence-corrected chi connectivity index (χ1v) is 8.52. The first-order chi connectivity index (χ1) is 12.5. The van der Waals surface area contributed by atoms with Gasteiger partial charge in [-0.1, -0.05) is 6.07 Å². The zero-order valence-electron chi connectivity index (χ0n) is 13.4. The third-order valence-electron chi connectivity index (χ3n) is 3.67. The van der Waals surface area contributed by atoms with Crippen molar-refractivity contribution in [3.63, 3.8) is 0 Å². The molecule has 0 fully saturated rings. The van der Waals surface area contributed by atoms with Gasteiger partial charge >= 0.3 is 11.8 Å². The average molecular weight is 374 g/mol. The smallest absolute Gasteiger partial charge is 0.313 e. The number of halogens is 1. The fourth-order valence-corrected chi connectivity index (χ4v) is 3.16. The largest absolute Gasteiger partial charge is 0.466 e. The zero-order valence-corrected chi connectivity index (χ0v) is 14.3. The van der Waals surface area contributed by atoms with Crippen LogP contribution in [0, 0.1) is 5.82 Å². The number of amides is 2. The van der Waals surface area contributed by atoms with Crippen molar-refractivity contribution >= 4 is 28.8 Å². The summed E-state index contributed by atoms with van der Waals surface area (Å²) in [4.78, 5) is 24.6. The summed E-state index contributed by atoms with van der Waals surface area (Å²) in [5.74, 6) is -2.06. The number of nitrogens with one attached hydrogen (secondary N) is 2. The molecule has 0 saturated carbocycles. The summed E-state index contributed by atoms with van der Waals surface area (Å²) in [6.07, 6.45) is 1.41. The van der Waals surface area contributed by atoms with Crippen LogP contribution >= 0.6 is 11.3 Å². The Kier molecular flexibility index (Phi) is 5.15. The van der Waals surface area contributed by atoms with Gasteiger partial charge in [0, 0.05) is 10.6 Å². The predicted molar refractivity (Wildman–Crippen MR) is 94.1 cm³/mol. The second-order valence-corrected chi connectivity index (χ2v) is 6.41. The molecule has 2 heterocycles. The van der Waals surface area contributed by atoms with Crippen molar-refractivity contribution < 1.29 is 23.5 Å². The average Bonchev–Trinajstić information content (AvgIpc) is 3.35. The molecule has 0 aliphatic carbocycles. The highest BCUT2D eigenvalue weighted by Crippen LogP contribution is 2.32. The molecular weight excluding hydrogens is 359 g/mol. The van der Waals surface area contributed by atoms with E-state index in [9.17, 15) is 19.1 Å². The van der Waals surface area contributed by atoms with Crippen LogP contribution in [0.2, 0.25) is 0 Å². The number of hydrogen-bond acceptors (Lipinski definition) is 5. The number of hydrogen-bond donors (Lipinski definition) is 3. The van der Waals surface area contributed by atoms with Crippen molar-refractivity contribution in [3.05, 3.63) is 76.6 Å². The molecule has 0 saturated heterocycles. The number of furan rings is 1.